The summed E-state index contributed by atoms with van der Waals surface area (Å²) in [5.74, 6) is 0.104. The molecule has 138 valence electrons. The SMILES string of the molecule is O=C(Nc1cccc(Cl)c1)Nc1nc(CC(=O)N2CCCCCC2)cs1. The molecule has 3 amide bonds. The maximum absolute atomic E-state index is 12.4. The number of urea groups is 1. The standard InChI is InChI=1S/C18H21ClN4O2S/c19-13-6-5-7-14(10-13)20-17(25)22-18-21-15(12-26-18)11-16(24)23-8-3-1-2-4-9-23/h5-7,10,12H,1-4,8-9,11H2,(H2,20,21,22,25). The molecule has 0 aliphatic carbocycles. The zero-order chi connectivity index (χ0) is 18.4. The molecule has 0 spiro atoms. The van der Waals surface area contributed by atoms with Crippen LogP contribution in [-0.2, 0) is 11.2 Å². The van der Waals surface area contributed by atoms with Crippen molar-refractivity contribution in [2.24, 2.45) is 0 Å². The number of aromatic nitrogens is 1. The van der Waals surface area contributed by atoms with E-state index in [4.69, 9.17) is 11.6 Å². The molecule has 1 aliphatic rings. The third kappa shape index (κ3) is 5.44. The van der Waals surface area contributed by atoms with Gasteiger partial charge in [0, 0.05) is 29.2 Å². The van der Waals surface area contributed by atoms with E-state index in [1.165, 1.54) is 24.2 Å². The normalized spacial score (nSPS) is 14.6. The Kier molecular flexibility index (Phi) is 6.46. The minimum atomic E-state index is -0.396. The third-order valence-electron chi connectivity index (χ3n) is 4.15. The van der Waals surface area contributed by atoms with Crippen LogP contribution in [0.25, 0.3) is 0 Å². The van der Waals surface area contributed by atoms with Gasteiger partial charge in [-0.05, 0) is 31.0 Å². The van der Waals surface area contributed by atoms with E-state index in [1.54, 1.807) is 24.3 Å². The summed E-state index contributed by atoms with van der Waals surface area (Å²) in [5.41, 5.74) is 1.28. The lowest BCUT2D eigenvalue weighted by molar-refractivity contribution is -0.130. The Balaban J connectivity index is 1.52. The van der Waals surface area contributed by atoms with Crippen molar-refractivity contribution in [2.45, 2.75) is 32.1 Å². The molecule has 2 N–H and O–H groups in total. The molecule has 0 saturated carbocycles. The molecule has 1 saturated heterocycles. The van der Waals surface area contributed by atoms with Crippen LogP contribution < -0.4 is 10.6 Å². The van der Waals surface area contributed by atoms with Crippen LogP contribution >= 0.6 is 22.9 Å². The number of hydrogen-bond donors (Lipinski definition) is 2. The second-order valence-electron chi connectivity index (χ2n) is 6.21. The number of carbonyl (C=O) groups excluding carboxylic acids is 2. The molecule has 1 fully saturated rings. The predicted molar refractivity (Wildman–Crippen MR) is 105 cm³/mol. The van der Waals surface area contributed by atoms with Crippen molar-refractivity contribution in [2.75, 3.05) is 23.7 Å². The number of carbonyl (C=O) groups is 2. The number of halogens is 1. The second kappa shape index (κ2) is 9.00. The van der Waals surface area contributed by atoms with Crippen LogP contribution in [0.2, 0.25) is 5.02 Å². The van der Waals surface area contributed by atoms with Crippen molar-refractivity contribution in [3.05, 3.63) is 40.4 Å². The molecule has 1 aliphatic heterocycles. The molecular formula is C18H21ClN4O2S. The minimum Gasteiger partial charge on any atom is -0.342 e. The molecule has 1 aromatic carbocycles. The fourth-order valence-corrected chi connectivity index (χ4v) is 3.75. The second-order valence-corrected chi connectivity index (χ2v) is 7.50. The molecule has 26 heavy (non-hydrogen) atoms. The summed E-state index contributed by atoms with van der Waals surface area (Å²) in [6.07, 6.45) is 4.79. The highest BCUT2D eigenvalue weighted by molar-refractivity contribution is 7.14. The molecule has 0 unspecified atom stereocenters. The van der Waals surface area contributed by atoms with Crippen molar-refractivity contribution in [1.82, 2.24) is 9.88 Å². The van der Waals surface area contributed by atoms with E-state index in [0.717, 1.165) is 25.9 Å². The first-order chi connectivity index (χ1) is 12.6. The molecular weight excluding hydrogens is 372 g/mol. The van der Waals surface area contributed by atoms with E-state index in [1.807, 2.05) is 10.3 Å². The number of nitrogens with one attached hydrogen (secondary N) is 2. The average molecular weight is 393 g/mol. The Labute approximate surface area is 161 Å². The lowest BCUT2D eigenvalue weighted by Gasteiger charge is -2.19. The summed E-state index contributed by atoms with van der Waals surface area (Å²) in [6.45, 7) is 1.66. The van der Waals surface area contributed by atoms with E-state index in [-0.39, 0.29) is 12.3 Å². The van der Waals surface area contributed by atoms with Gasteiger partial charge in [-0.2, -0.15) is 0 Å². The van der Waals surface area contributed by atoms with Crippen LogP contribution in [0.5, 0.6) is 0 Å². The topological polar surface area (TPSA) is 74.3 Å². The van der Waals surface area contributed by atoms with Crippen molar-refractivity contribution >= 4 is 45.7 Å². The maximum Gasteiger partial charge on any atom is 0.325 e. The van der Waals surface area contributed by atoms with Gasteiger partial charge in [0.2, 0.25) is 5.91 Å². The van der Waals surface area contributed by atoms with Gasteiger partial charge < -0.3 is 10.2 Å². The van der Waals surface area contributed by atoms with Gasteiger partial charge in [0.25, 0.3) is 0 Å². The fourth-order valence-electron chi connectivity index (χ4n) is 2.86. The van der Waals surface area contributed by atoms with E-state index in [9.17, 15) is 9.59 Å². The van der Waals surface area contributed by atoms with E-state index < -0.39 is 6.03 Å². The molecule has 2 heterocycles. The molecule has 1 aromatic heterocycles. The Morgan fingerprint density at radius 1 is 1.15 bits per heavy atom. The van der Waals surface area contributed by atoms with E-state index in [0.29, 0.717) is 21.5 Å². The molecule has 2 aromatic rings. The van der Waals surface area contributed by atoms with Crippen molar-refractivity contribution in [3.8, 4) is 0 Å². The lowest BCUT2D eigenvalue weighted by atomic mass is 10.2. The van der Waals surface area contributed by atoms with Crippen molar-refractivity contribution in [1.29, 1.82) is 0 Å². The first-order valence-corrected chi connectivity index (χ1v) is 9.92. The van der Waals surface area contributed by atoms with Gasteiger partial charge in [0.15, 0.2) is 5.13 Å². The van der Waals surface area contributed by atoms with Crippen LogP contribution in [0.3, 0.4) is 0 Å². The van der Waals surface area contributed by atoms with Crippen LogP contribution in [0.1, 0.15) is 31.4 Å². The molecule has 3 rings (SSSR count). The predicted octanol–water partition coefficient (Wildman–Crippen LogP) is 4.39. The summed E-state index contributed by atoms with van der Waals surface area (Å²) in [5, 5.41) is 8.20. The summed E-state index contributed by atoms with van der Waals surface area (Å²) in [7, 11) is 0. The van der Waals surface area contributed by atoms with Gasteiger partial charge >= 0.3 is 6.03 Å². The van der Waals surface area contributed by atoms with Crippen LogP contribution in [-0.4, -0.2) is 34.9 Å². The van der Waals surface area contributed by atoms with Gasteiger partial charge in [-0.15, -0.1) is 11.3 Å². The largest absolute Gasteiger partial charge is 0.342 e. The summed E-state index contributed by atoms with van der Waals surface area (Å²) in [4.78, 5) is 30.7. The Morgan fingerprint density at radius 2 is 1.92 bits per heavy atom. The number of anilines is 2. The Morgan fingerprint density at radius 3 is 2.65 bits per heavy atom. The zero-order valence-corrected chi connectivity index (χ0v) is 15.9. The molecule has 0 atom stereocenters. The monoisotopic (exact) mass is 392 g/mol. The first kappa shape index (κ1) is 18.7. The Hall–Kier alpha value is -2.12. The quantitative estimate of drug-likeness (QED) is 0.810. The number of nitrogens with zero attached hydrogens (tertiary/aromatic N) is 2. The molecule has 0 bridgehead atoms. The molecule has 6 nitrogen and oxygen atoms in total. The molecule has 0 radical (unpaired) electrons. The van der Waals surface area contributed by atoms with Crippen molar-refractivity contribution < 1.29 is 9.59 Å². The number of benzene rings is 1. The first-order valence-electron chi connectivity index (χ1n) is 8.66. The number of rotatable bonds is 4. The smallest absolute Gasteiger partial charge is 0.325 e. The van der Waals surface area contributed by atoms with Crippen LogP contribution in [0.4, 0.5) is 15.6 Å². The highest BCUT2D eigenvalue weighted by Crippen LogP contribution is 2.19. The average Bonchev–Trinajstić information content (AvgIpc) is 2.86. The minimum absolute atomic E-state index is 0.104. The van der Waals surface area contributed by atoms with E-state index >= 15 is 0 Å². The molecule has 8 heteroatoms. The highest BCUT2D eigenvalue weighted by Gasteiger charge is 2.17. The number of likely N-dealkylation sites (tertiary alicyclic amines) is 1. The zero-order valence-electron chi connectivity index (χ0n) is 14.3. The summed E-state index contributed by atoms with van der Waals surface area (Å²) >= 11 is 7.20. The van der Waals surface area contributed by atoms with Gasteiger partial charge in [-0.3, -0.25) is 10.1 Å². The van der Waals surface area contributed by atoms with Crippen LogP contribution in [0, 0.1) is 0 Å². The van der Waals surface area contributed by atoms with Crippen molar-refractivity contribution in [3.63, 3.8) is 0 Å². The van der Waals surface area contributed by atoms with Gasteiger partial charge in [0.05, 0.1) is 12.1 Å². The van der Waals surface area contributed by atoms with Gasteiger partial charge in [-0.1, -0.05) is 30.5 Å². The lowest BCUT2D eigenvalue weighted by Crippen LogP contribution is -2.33. The number of hydrogen-bond acceptors (Lipinski definition) is 4. The van der Waals surface area contributed by atoms with E-state index in [2.05, 4.69) is 15.6 Å². The van der Waals surface area contributed by atoms with Gasteiger partial charge in [0.1, 0.15) is 0 Å². The maximum atomic E-state index is 12.4. The fraction of sp³-hybridized carbons (Fsp3) is 0.389. The number of thiazole rings is 1. The summed E-state index contributed by atoms with van der Waals surface area (Å²) in [6, 6.07) is 6.51. The van der Waals surface area contributed by atoms with Gasteiger partial charge in [-0.25, -0.2) is 9.78 Å². The van der Waals surface area contributed by atoms with Crippen LogP contribution in [0.15, 0.2) is 29.6 Å². The summed E-state index contributed by atoms with van der Waals surface area (Å²) < 4.78 is 0. The third-order valence-corrected chi connectivity index (χ3v) is 5.19. The number of amides is 3. The Bertz CT molecular complexity index is 772. The highest BCUT2D eigenvalue weighted by atomic mass is 35.5.